The predicted molar refractivity (Wildman–Crippen MR) is 72.8 cm³/mol. The van der Waals surface area contributed by atoms with Crippen molar-refractivity contribution in [1.82, 2.24) is 5.32 Å². The topological polar surface area (TPSA) is 29.1 Å². The lowest BCUT2D eigenvalue weighted by molar-refractivity contribution is 0.0951. The minimum absolute atomic E-state index is 0.213. The van der Waals surface area contributed by atoms with E-state index in [0.29, 0.717) is 6.54 Å². The van der Waals surface area contributed by atoms with E-state index in [1.54, 1.807) is 0 Å². The molecular formula is C14H12BF3NO-. The van der Waals surface area contributed by atoms with E-state index in [2.05, 4.69) is 5.32 Å². The van der Waals surface area contributed by atoms with Crippen molar-refractivity contribution in [2.45, 2.75) is 6.54 Å². The van der Waals surface area contributed by atoms with Crippen LogP contribution in [0.4, 0.5) is 12.9 Å². The molecule has 0 spiro atoms. The fourth-order valence-corrected chi connectivity index (χ4v) is 1.73. The van der Waals surface area contributed by atoms with Gasteiger partial charge in [-0.25, -0.2) is 0 Å². The molecule has 6 heteroatoms. The lowest BCUT2D eigenvalue weighted by atomic mass is 9.80. The summed E-state index contributed by atoms with van der Waals surface area (Å²) in [5, 5.41) is 2.66. The Balaban J connectivity index is 1.99. The van der Waals surface area contributed by atoms with Gasteiger partial charge in [0.1, 0.15) is 0 Å². The summed E-state index contributed by atoms with van der Waals surface area (Å²) >= 11 is 0. The third-order valence-corrected chi connectivity index (χ3v) is 2.85. The summed E-state index contributed by atoms with van der Waals surface area (Å²) in [5.74, 6) is -0.393. The Kier molecular flexibility index (Phi) is 4.12. The van der Waals surface area contributed by atoms with Gasteiger partial charge in [-0.3, -0.25) is 4.79 Å². The molecule has 0 aliphatic rings. The van der Waals surface area contributed by atoms with E-state index in [1.807, 2.05) is 30.3 Å². The Hall–Kier alpha value is -2.24. The largest absolute Gasteiger partial charge is 0.509 e. The second kappa shape index (κ2) is 5.82. The number of amides is 1. The van der Waals surface area contributed by atoms with E-state index >= 15 is 0 Å². The van der Waals surface area contributed by atoms with Crippen LogP contribution < -0.4 is 10.8 Å². The van der Waals surface area contributed by atoms with Crippen LogP contribution in [0.5, 0.6) is 0 Å². The van der Waals surface area contributed by atoms with Crippen LogP contribution in [0.15, 0.2) is 54.6 Å². The number of halogens is 3. The predicted octanol–water partition coefficient (Wildman–Crippen LogP) is 2.67. The van der Waals surface area contributed by atoms with Crippen LogP contribution in [0.25, 0.3) is 0 Å². The summed E-state index contributed by atoms with van der Waals surface area (Å²) in [7, 11) is 0. The highest BCUT2D eigenvalue weighted by Gasteiger charge is 2.25. The van der Waals surface area contributed by atoms with Gasteiger partial charge in [-0.1, -0.05) is 54.6 Å². The molecule has 0 aromatic heterocycles. The number of carbonyl (C=O) groups excluding carboxylic acids is 1. The first-order chi connectivity index (χ1) is 9.47. The molecule has 1 N–H and O–H groups in total. The highest BCUT2D eigenvalue weighted by atomic mass is 19.4. The second-order valence-electron chi connectivity index (χ2n) is 4.37. The third kappa shape index (κ3) is 3.63. The van der Waals surface area contributed by atoms with Gasteiger partial charge in [0.25, 0.3) is 5.91 Å². The number of hydrogen-bond acceptors (Lipinski definition) is 1. The SMILES string of the molecule is O=C(NCc1ccccc1)c1ccc([B-](F)(F)F)cc1. The smallest absolute Gasteiger partial charge is 0.445 e. The van der Waals surface area contributed by atoms with Crippen molar-refractivity contribution >= 4 is 18.3 Å². The average Bonchev–Trinajstić information content (AvgIpc) is 2.45. The molecule has 0 atom stereocenters. The molecule has 0 fully saturated rings. The molecule has 0 bridgehead atoms. The van der Waals surface area contributed by atoms with Gasteiger partial charge in [0.05, 0.1) is 0 Å². The molecule has 1 amide bonds. The summed E-state index contributed by atoms with van der Waals surface area (Å²) in [6.07, 6.45) is 0. The van der Waals surface area contributed by atoms with Crippen molar-refractivity contribution in [1.29, 1.82) is 0 Å². The highest BCUT2D eigenvalue weighted by Crippen LogP contribution is 2.09. The molecule has 2 aromatic carbocycles. The van der Waals surface area contributed by atoms with Gasteiger partial charge in [0, 0.05) is 12.1 Å². The number of rotatable bonds is 4. The van der Waals surface area contributed by atoms with Crippen molar-refractivity contribution in [2.75, 3.05) is 0 Å². The number of nitrogens with one attached hydrogen (secondary N) is 1. The normalized spacial score (nSPS) is 11.2. The zero-order valence-corrected chi connectivity index (χ0v) is 10.5. The van der Waals surface area contributed by atoms with E-state index in [1.165, 1.54) is 12.1 Å². The standard InChI is InChI=1S/C14H12BF3NO/c16-15(17,18)13-8-6-12(7-9-13)14(20)19-10-11-4-2-1-3-5-11/h1-9H,10H2,(H,19,20)/q-1. The Labute approximate surface area is 114 Å². The molecule has 2 aromatic rings. The molecule has 0 aliphatic carbocycles. The zero-order chi connectivity index (χ0) is 14.6. The van der Waals surface area contributed by atoms with Gasteiger partial charge in [-0.05, 0) is 5.56 Å². The fraction of sp³-hybridized carbons (Fsp3) is 0.0714. The monoisotopic (exact) mass is 278 g/mol. The number of hydrogen-bond donors (Lipinski definition) is 1. The van der Waals surface area contributed by atoms with Crippen LogP contribution in [0, 0.1) is 0 Å². The van der Waals surface area contributed by atoms with Crippen LogP contribution in [-0.4, -0.2) is 12.9 Å². The van der Waals surface area contributed by atoms with E-state index < -0.39 is 18.3 Å². The van der Waals surface area contributed by atoms with Crippen molar-refractivity contribution < 1.29 is 17.7 Å². The molecule has 2 nitrogen and oxygen atoms in total. The Morgan fingerprint density at radius 3 is 2.10 bits per heavy atom. The Morgan fingerprint density at radius 2 is 1.55 bits per heavy atom. The van der Waals surface area contributed by atoms with Crippen LogP contribution in [0.3, 0.4) is 0 Å². The fourth-order valence-electron chi connectivity index (χ4n) is 1.73. The first-order valence-electron chi connectivity index (χ1n) is 6.09. The van der Waals surface area contributed by atoms with Gasteiger partial charge in [-0.15, -0.1) is 5.46 Å². The highest BCUT2D eigenvalue weighted by molar-refractivity contribution is 6.73. The lowest BCUT2D eigenvalue weighted by Gasteiger charge is -2.14. The molecule has 0 radical (unpaired) electrons. The Bertz CT molecular complexity index is 582. The van der Waals surface area contributed by atoms with E-state index in [4.69, 9.17) is 0 Å². The van der Waals surface area contributed by atoms with E-state index in [9.17, 15) is 17.7 Å². The molecule has 20 heavy (non-hydrogen) atoms. The van der Waals surface area contributed by atoms with Crippen molar-refractivity contribution in [2.24, 2.45) is 0 Å². The van der Waals surface area contributed by atoms with Crippen LogP contribution >= 0.6 is 0 Å². The minimum atomic E-state index is -5.02. The molecule has 0 unspecified atom stereocenters. The zero-order valence-electron chi connectivity index (χ0n) is 10.5. The molecule has 0 saturated carbocycles. The van der Waals surface area contributed by atoms with Gasteiger partial charge >= 0.3 is 6.98 Å². The molecular weight excluding hydrogens is 266 g/mol. The maximum absolute atomic E-state index is 12.5. The Morgan fingerprint density at radius 1 is 0.950 bits per heavy atom. The molecule has 0 aliphatic heterocycles. The summed E-state index contributed by atoms with van der Waals surface area (Å²) in [6.45, 7) is -4.68. The molecule has 0 saturated heterocycles. The van der Waals surface area contributed by atoms with Crippen LogP contribution in [0.1, 0.15) is 15.9 Å². The molecule has 2 rings (SSSR count). The molecule has 104 valence electrons. The van der Waals surface area contributed by atoms with E-state index in [0.717, 1.165) is 17.7 Å². The van der Waals surface area contributed by atoms with Crippen molar-refractivity contribution in [3.8, 4) is 0 Å². The summed E-state index contributed by atoms with van der Waals surface area (Å²) in [5.41, 5.74) is 0.436. The quantitative estimate of drug-likeness (QED) is 0.856. The summed E-state index contributed by atoms with van der Waals surface area (Å²) < 4.78 is 37.4. The first kappa shape index (κ1) is 14.2. The maximum Gasteiger partial charge on any atom is 0.509 e. The average molecular weight is 278 g/mol. The maximum atomic E-state index is 12.5. The number of benzene rings is 2. The molecule has 0 heterocycles. The summed E-state index contributed by atoms with van der Waals surface area (Å²) in [6, 6.07) is 13.5. The second-order valence-corrected chi connectivity index (χ2v) is 4.37. The minimum Gasteiger partial charge on any atom is -0.445 e. The third-order valence-electron chi connectivity index (χ3n) is 2.85. The van der Waals surface area contributed by atoms with Gasteiger partial charge < -0.3 is 18.3 Å². The number of carbonyl (C=O) groups is 1. The van der Waals surface area contributed by atoms with Crippen molar-refractivity contribution in [3.05, 3.63) is 65.7 Å². The van der Waals surface area contributed by atoms with Gasteiger partial charge in [-0.2, -0.15) is 0 Å². The van der Waals surface area contributed by atoms with E-state index in [-0.39, 0.29) is 5.56 Å². The van der Waals surface area contributed by atoms with Crippen LogP contribution in [-0.2, 0) is 6.54 Å². The van der Waals surface area contributed by atoms with Gasteiger partial charge in [0.15, 0.2) is 0 Å². The lowest BCUT2D eigenvalue weighted by Crippen LogP contribution is -2.34. The van der Waals surface area contributed by atoms with Crippen molar-refractivity contribution in [3.63, 3.8) is 0 Å². The van der Waals surface area contributed by atoms with Crippen LogP contribution in [0.2, 0.25) is 0 Å². The summed E-state index contributed by atoms with van der Waals surface area (Å²) in [4.78, 5) is 11.8. The van der Waals surface area contributed by atoms with Gasteiger partial charge in [0.2, 0.25) is 0 Å². The first-order valence-corrected chi connectivity index (χ1v) is 6.09.